The Kier molecular flexibility index (Phi) is 7.08. The van der Waals surface area contributed by atoms with E-state index >= 15 is 0 Å². The Balaban J connectivity index is 2.08. The van der Waals surface area contributed by atoms with Crippen LogP contribution in [0.3, 0.4) is 0 Å². The number of hydrogen-bond acceptors (Lipinski definition) is 6. The van der Waals surface area contributed by atoms with Crippen LogP contribution in [0.25, 0.3) is 0 Å². The number of ether oxygens (including phenoxy) is 1. The number of carbonyl (C=O) groups is 5. The highest BCUT2D eigenvalue weighted by Crippen LogP contribution is 2.27. The van der Waals surface area contributed by atoms with Crippen LogP contribution in [0, 0.1) is 5.92 Å². The van der Waals surface area contributed by atoms with Gasteiger partial charge in [-0.2, -0.15) is 0 Å². The normalized spacial score (nSPS) is 14.1. The van der Waals surface area contributed by atoms with E-state index in [1.54, 1.807) is 26.0 Å². The van der Waals surface area contributed by atoms with Gasteiger partial charge in [-0.15, -0.1) is 0 Å². The molecule has 5 amide bonds. The predicted octanol–water partition coefficient (Wildman–Crippen LogP) is 1.47. The standard InChI is InChI=1S/C20H25N3O6/c1-11(2)9-15(19(27)29-10-16(24)22-20(28)21-12(3)4)23-17(25)13-7-5-6-8-14(13)18(23)26/h5-8,11-12,15H,9-10H2,1-4H3,(H2,21,22,24,28)/t15-/m0/s1. The fourth-order valence-corrected chi connectivity index (χ4v) is 2.94. The maximum absolute atomic E-state index is 12.7. The molecule has 2 rings (SSSR count). The fraction of sp³-hybridized carbons (Fsp3) is 0.450. The summed E-state index contributed by atoms with van der Waals surface area (Å²) in [7, 11) is 0. The predicted molar refractivity (Wildman–Crippen MR) is 103 cm³/mol. The number of hydrogen-bond donors (Lipinski definition) is 2. The third-order valence-corrected chi connectivity index (χ3v) is 4.12. The van der Waals surface area contributed by atoms with E-state index in [2.05, 4.69) is 5.32 Å². The van der Waals surface area contributed by atoms with Crippen LogP contribution in [0.15, 0.2) is 24.3 Å². The third-order valence-electron chi connectivity index (χ3n) is 4.12. The Hall–Kier alpha value is -3.23. The summed E-state index contributed by atoms with van der Waals surface area (Å²) in [6, 6.07) is 4.27. The van der Waals surface area contributed by atoms with Gasteiger partial charge in [0.1, 0.15) is 6.04 Å². The van der Waals surface area contributed by atoms with E-state index in [9.17, 15) is 24.0 Å². The van der Waals surface area contributed by atoms with E-state index in [0.29, 0.717) is 0 Å². The van der Waals surface area contributed by atoms with Crippen molar-refractivity contribution in [2.45, 2.75) is 46.2 Å². The molecule has 0 aliphatic carbocycles. The van der Waals surface area contributed by atoms with Crippen molar-refractivity contribution >= 4 is 29.7 Å². The molecule has 0 radical (unpaired) electrons. The van der Waals surface area contributed by atoms with Crippen molar-refractivity contribution in [3.05, 3.63) is 35.4 Å². The van der Waals surface area contributed by atoms with Crippen LogP contribution in [0.2, 0.25) is 0 Å². The third kappa shape index (κ3) is 5.40. The van der Waals surface area contributed by atoms with Gasteiger partial charge in [-0.25, -0.2) is 9.59 Å². The van der Waals surface area contributed by atoms with Crippen LogP contribution in [0.4, 0.5) is 4.79 Å². The number of benzene rings is 1. The Morgan fingerprint density at radius 3 is 2.03 bits per heavy atom. The number of fused-ring (bicyclic) bond motifs is 1. The number of amides is 5. The smallest absolute Gasteiger partial charge is 0.329 e. The molecule has 0 saturated carbocycles. The zero-order valence-electron chi connectivity index (χ0n) is 16.9. The molecule has 0 unspecified atom stereocenters. The maximum atomic E-state index is 12.7. The second kappa shape index (κ2) is 9.31. The number of nitrogens with one attached hydrogen (secondary N) is 2. The molecule has 0 bridgehead atoms. The van der Waals surface area contributed by atoms with Gasteiger partial charge < -0.3 is 10.1 Å². The molecule has 9 nitrogen and oxygen atoms in total. The zero-order chi connectivity index (χ0) is 21.7. The second-order valence-electron chi connectivity index (χ2n) is 7.46. The lowest BCUT2D eigenvalue weighted by Gasteiger charge is -2.25. The van der Waals surface area contributed by atoms with Crippen molar-refractivity contribution in [1.82, 2.24) is 15.5 Å². The molecule has 1 atom stereocenters. The van der Waals surface area contributed by atoms with Gasteiger partial charge in [-0.1, -0.05) is 26.0 Å². The van der Waals surface area contributed by atoms with Gasteiger partial charge in [0, 0.05) is 6.04 Å². The van der Waals surface area contributed by atoms with Crippen LogP contribution in [0.1, 0.15) is 54.8 Å². The molecule has 1 aromatic rings. The number of rotatable bonds is 7. The number of urea groups is 1. The minimum atomic E-state index is -1.17. The summed E-state index contributed by atoms with van der Waals surface area (Å²) in [6.45, 7) is 6.41. The van der Waals surface area contributed by atoms with E-state index in [1.807, 2.05) is 19.2 Å². The van der Waals surface area contributed by atoms with E-state index in [-0.39, 0.29) is 29.5 Å². The first kappa shape index (κ1) is 22.1. The Morgan fingerprint density at radius 2 is 1.55 bits per heavy atom. The average Bonchev–Trinajstić information content (AvgIpc) is 2.88. The summed E-state index contributed by atoms with van der Waals surface area (Å²) in [5.74, 6) is -2.87. The maximum Gasteiger partial charge on any atom is 0.329 e. The molecule has 0 aromatic heterocycles. The van der Waals surface area contributed by atoms with Crippen molar-refractivity contribution in [2.24, 2.45) is 5.92 Å². The lowest BCUT2D eigenvalue weighted by molar-refractivity contribution is -0.152. The highest BCUT2D eigenvalue weighted by molar-refractivity contribution is 6.22. The van der Waals surface area contributed by atoms with Crippen LogP contribution in [0.5, 0.6) is 0 Å². The molecule has 2 N–H and O–H groups in total. The molecule has 0 saturated heterocycles. The lowest BCUT2D eigenvalue weighted by Crippen LogP contribution is -2.48. The largest absolute Gasteiger partial charge is 0.454 e. The summed E-state index contributed by atoms with van der Waals surface area (Å²) < 4.78 is 5.00. The monoisotopic (exact) mass is 403 g/mol. The summed E-state index contributed by atoms with van der Waals surface area (Å²) in [5.41, 5.74) is 0.448. The van der Waals surface area contributed by atoms with Crippen molar-refractivity contribution in [3.8, 4) is 0 Å². The van der Waals surface area contributed by atoms with Gasteiger partial charge in [0.2, 0.25) is 0 Å². The van der Waals surface area contributed by atoms with Crippen molar-refractivity contribution in [3.63, 3.8) is 0 Å². The topological polar surface area (TPSA) is 122 Å². The molecule has 0 spiro atoms. The molecule has 1 aliphatic rings. The van der Waals surface area contributed by atoms with Crippen LogP contribution < -0.4 is 10.6 Å². The van der Waals surface area contributed by atoms with E-state index in [4.69, 9.17) is 4.74 Å². The van der Waals surface area contributed by atoms with Gasteiger partial charge >= 0.3 is 12.0 Å². The van der Waals surface area contributed by atoms with Gasteiger partial charge in [-0.3, -0.25) is 24.6 Å². The summed E-state index contributed by atoms with van der Waals surface area (Å²) >= 11 is 0. The number of imide groups is 2. The molecule has 9 heteroatoms. The van der Waals surface area contributed by atoms with E-state index in [0.717, 1.165) is 4.90 Å². The molecule has 29 heavy (non-hydrogen) atoms. The van der Waals surface area contributed by atoms with Gasteiger partial charge in [-0.05, 0) is 38.3 Å². The number of carbonyl (C=O) groups excluding carboxylic acids is 5. The van der Waals surface area contributed by atoms with Crippen LogP contribution in [-0.2, 0) is 14.3 Å². The fourth-order valence-electron chi connectivity index (χ4n) is 2.94. The second-order valence-corrected chi connectivity index (χ2v) is 7.46. The summed E-state index contributed by atoms with van der Waals surface area (Å²) in [4.78, 5) is 62.2. The Labute approximate surface area is 168 Å². The minimum absolute atomic E-state index is 0.0255. The average molecular weight is 403 g/mol. The lowest BCUT2D eigenvalue weighted by atomic mass is 10.0. The summed E-state index contributed by atoms with van der Waals surface area (Å²) in [5, 5.41) is 4.50. The molecular formula is C20H25N3O6. The first-order valence-corrected chi connectivity index (χ1v) is 9.35. The molecule has 1 heterocycles. The quantitative estimate of drug-likeness (QED) is 0.525. The van der Waals surface area contributed by atoms with E-state index in [1.165, 1.54) is 12.1 Å². The SMILES string of the molecule is CC(C)C[C@@H](C(=O)OCC(=O)NC(=O)NC(C)C)N1C(=O)c2ccccc2C1=O. The first-order chi connectivity index (χ1) is 13.6. The van der Waals surface area contributed by atoms with Crippen molar-refractivity contribution in [1.29, 1.82) is 0 Å². The summed E-state index contributed by atoms with van der Waals surface area (Å²) in [6.07, 6.45) is 0.180. The molecule has 0 fully saturated rings. The van der Waals surface area contributed by atoms with Crippen molar-refractivity contribution in [2.75, 3.05) is 6.61 Å². The van der Waals surface area contributed by atoms with Crippen LogP contribution >= 0.6 is 0 Å². The Morgan fingerprint density at radius 1 is 1.00 bits per heavy atom. The number of esters is 1. The highest BCUT2D eigenvalue weighted by atomic mass is 16.5. The molecule has 1 aromatic carbocycles. The molecule has 156 valence electrons. The first-order valence-electron chi connectivity index (χ1n) is 9.35. The highest BCUT2D eigenvalue weighted by Gasteiger charge is 2.43. The van der Waals surface area contributed by atoms with Gasteiger partial charge in [0.05, 0.1) is 11.1 Å². The molecular weight excluding hydrogens is 378 g/mol. The van der Waals surface area contributed by atoms with Gasteiger partial charge in [0.25, 0.3) is 17.7 Å². The molecule has 1 aliphatic heterocycles. The van der Waals surface area contributed by atoms with Crippen molar-refractivity contribution < 1.29 is 28.7 Å². The zero-order valence-corrected chi connectivity index (χ0v) is 16.9. The van der Waals surface area contributed by atoms with E-state index < -0.39 is 42.4 Å². The minimum Gasteiger partial charge on any atom is -0.454 e. The Bertz CT molecular complexity index is 798. The number of nitrogens with zero attached hydrogens (tertiary/aromatic N) is 1. The van der Waals surface area contributed by atoms with Crippen LogP contribution in [-0.4, -0.2) is 53.3 Å². The van der Waals surface area contributed by atoms with Gasteiger partial charge in [0.15, 0.2) is 6.61 Å².